The van der Waals surface area contributed by atoms with Gasteiger partial charge in [-0.1, -0.05) is 16.8 Å². The number of carbonyl (C=O) groups is 4. The summed E-state index contributed by atoms with van der Waals surface area (Å²) in [6.45, 7) is 3.01. The third-order valence-corrected chi connectivity index (χ3v) is 7.60. The quantitative estimate of drug-likeness (QED) is 0.564. The standard InChI is InChI=1S/C22H21ClFN5O7/c1-8-6-28-14-10(4-22(16(28)9(2)34-8)18(30)25-20(32)26-19(22)31)3-12-15(13(14)23)36-27-17(12)29-7-11(5-24)35-21(29)33/h3,8-9,11,16H,4-7H2,1-2H3,(H2,25,26,30,31,32)/t8-,9+,11-,16-/m1/s1. The number of nitrogens with zero attached hydrogens (tertiary/aromatic N) is 3. The highest BCUT2D eigenvalue weighted by Gasteiger charge is 2.63. The first-order valence-electron chi connectivity index (χ1n) is 11.4. The maximum absolute atomic E-state index is 13.3. The van der Waals surface area contributed by atoms with Gasteiger partial charge in [0, 0.05) is 6.54 Å². The van der Waals surface area contributed by atoms with Crippen LogP contribution >= 0.6 is 11.6 Å². The van der Waals surface area contributed by atoms with Crippen LogP contribution in [0.3, 0.4) is 0 Å². The number of anilines is 2. The van der Waals surface area contributed by atoms with Crippen LogP contribution in [0.2, 0.25) is 5.02 Å². The molecule has 5 heterocycles. The molecule has 0 aliphatic carbocycles. The maximum atomic E-state index is 13.3. The normalized spacial score (nSPS) is 29.2. The number of carbonyl (C=O) groups excluding carboxylic acids is 4. The van der Waals surface area contributed by atoms with Crippen molar-refractivity contribution in [2.45, 2.75) is 44.6 Å². The van der Waals surface area contributed by atoms with E-state index in [0.717, 1.165) is 4.90 Å². The molecule has 1 aromatic heterocycles. The molecule has 1 aromatic carbocycles. The van der Waals surface area contributed by atoms with Crippen molar-refractivity contribution in [1.82, 2.24) is 15.8 Å². The fourth-order valence-corrected chi connectivity index (χ4v) is 6.27. The lowest BCUT2D eigenvalue weighted by molar-refractivity contribution is -0.153. The average molecular weight is 522 g/mol. The van der Waals surface area contributed by atoms with Crippen LogP contribution in [0.15, 0.2) is 10.6 Å². The zero-order valence-corrected chi connectivity index (χ0v) is 19.9. The van der Waals surface area contributed by atoms with E-state index in [0.29, 0.717) is 23.2 Å². The van der Waals surface area contributed by atoms with Gasteiger partial charge >= 0.3 is 12.1 Å². The predicted octanol–water partition coefficient (Wildman–Crippen LogP) is 1.67. The number of urea groups is 1. The van der Waals surface area contributed by atoms with E-state index >= 15 is 0 Å². The number of amides is 5. The fourth-order valence-electron chi connectivity index (χ4n) is 5.91. The Morgan fingerprint density at radius 2 is 1.92 bits per heavy atom. The second-order valence-electron chi connectivity index (χ2n) is 9.49. The molecular formula is C22H21ClFN5O7. The molecule has 0 bridgehead atoms. The fraction of sp³-hybridized carbons (Fsp3) is 0.500. The summed E-state index contributed by atoms with van der Waals surface area (Å²) >= 11 is 6.84. The van der Waals surface area contributed by atoms with Gasteiger partial charge in [-0.25, -0.2) is 14.0 Å². The maximum Gasteiger partial charge on any atom is 0.416 e. The average Bonchev–Trinajstić information content (AvgIpc) is 3.39. The number of alkyl halides is 1. The highest BCUT2D eigenvalue weighted by molar-refractivity contribution is 6.38. The molecule has 1 spiro atoms. The molecule has 3 fully saturated rings. The SMILES string of the molecule is C[C@@H]1CN2c3c(cc4c(N5C[C@@H](CF)OC5=O)noc4c3Cl)CC3(C(=O)NC(=O)NC3=O)[C@H]2[C@H](C)O1. The highest BCUT2D eigenvalue weighted by atomic mass is 35.5. The van der Waals surface area contributed by atoms with Crippen LogP contribution in [0.25, 0.3) is 11.0 Å². The molecule has 0 unspecified atom stereocenters. The van der Waals surface area contributed by atoms with Crippen molar-refractivity contribution in [2.24, 2.45) is 5.41 Å². The molecule has 12 nitrogen and oxygen atoms in total. The number of morpholine rings is 1. The van der Waals surface area contributed by atoms with Gasteiger partial charge in [-0.15, -0.1) is 0 Å². The molecule has 6 rings (SSSR count). The largest absolute Gasteiger partial charge is 0.441 e. The molecule has 5 amide bonds. The number of hydrogen-bond acceptors (Lipinski definition) is 9. The Bertz CT molecular complexity index is 1330. The zero-order chi connectivity index (χ0) is 25.5. The van der Waals surface area contributed by atoms with Gasteiger partial charge in [0.15, 0.2) is 16.8 Å². The number of fused-ring (bicyclic) bond motifs is 5. The Morgan fingerprint density at radius 1 is 1.19 bits per heavy atom. The van der Waals surface area contributed by atoms with Gasteiger partial charge < -0.3 is 18.9 Å². The summed E-state index contributed by atoms with van der Waals surface area (Å²) in [5, 5.41) is 8.98. The van der Waals surface area contributed by atoms with Crippen molar-refractivity contribution in [2.75, 3.05) is 29.6 Å². The van der Waals surface area contributed by atoms with Crippen molar-refractivity contribution in [3.63, 3.8) is 0 Å². The van der Waals surface area contributed by atoms with Crippen molar-refractivity contribution in [1.29, 1.82) is 0 Å². The summed E-state index contributed by atoms with van der Waals surface area (Å²) in [5.74, 6) is -1.39. The third-order valence-electron chi connectivity index (χ3n) is 7.25. The van der Waals surface area contributed by atoms with Crippen LogP contribution in [-0.2, 0) is 25.5 Å². The first-order valence-corrected chi connectivity index (χ1v) is 11.8. The van der Waals surface area contributed by atoms with E-state index in [9.17, 15) is 23.6 Å². The van der Waals surface area contributed by atoms with Crippen molar-refractivity contribution < 1.29 is 37.6 Å². The molecule has 2 N–H and O–H groups in total. The minimum Gasteiger partial charge on any atom is -0.441 e. The van der Waals surface area contributed by atoms with E-state index in [2.05, 4.69) is 15.8 Å². The van der Waals surface area contributed by atoms with Crippen molar-refractivity contribution in [3.8, 4) is 0 Å². The van der Waals surface area contributed by atoms with E-state index in [4.69, 9.17) is 25.6 Å². The van der Waals surface area contributed by atoms with Gasteiger partial charge in [-0.05, 0) is 31.9 Å². The molecule has 3 saturated heterocycles. The number of rotatable bonds is 2. The van der Waals surface area contributed by atoms with E-state index < -0.39 is 54.3 Å². The molecule has 4 atom stereocenters. The van der Waals surface area contributed by atoms with Crippen LogP contribution < -0.4 is 20.4 Å². The first kappa shape index (κ1) is 23.0. The lowest BCUT2D eigenvalue weighted by Gasteiger charge is -2.55. The van der Waals surface area contributed by atoms with E-state index in [1.807, 2.05) is 11.8 Å². The molecule has 36 heavy (non-hydrogen) atoms. The Balaban J connectivity index is 1.55. The van der Waals surface area contributed by atoms with Gasteiger partial charge in [-0.2, -0.15) is 0 Å². The number of imide groups is 2. The summed E-state index contributed by atoms with van der Waals surface area (Å²) in [5.41, 5.74) is -0.437. The molecule has 4 aliphatic rings. The Kier molecular flexibility index (Phi) is 4.96. The minimum atomic E-state index is -1.69. The van der Waals surface area contributed by atoms with Gasteiger partial charge in [-0.3, -0.25) is 25.1 Å². The van der Waals surface area contributed by atoms with Crippen LogP contribution in [0.1, 0.15) is 19.4 Å². The van der Waals surface area contributed by atoms with E-state index in [1.165, 1.54) is 0 Å². The Hall–Kier alpha value is -3.45. The van der Waals surface area contributed by atoms with Crippen LogP contribution in [-0.4, -0.2) is 73.2 Å². The lowest BCUT2D eigenvalue weighted by Crippen LogP contribution is -2.75. The predicted molar refractivity (Wildman–Crippen MR) is 122 cm³/mol. The molecule has 14 heteroatoms. The van der Waals surface area contributed by atoms with Gasteiger partial charge in [0.05, 0.1) is 35.9 Å². The number of ether oxygens (including phenoxy) is 2. The van der Waals surface area contributed by atoms with Crippen LogP contribution in [0, 0.1) is 5.41 Å². The second kappa shape index (κ2) is 7.77. The molecule has 2 aromatic rings. The highest BCUT2D eigenvalue weighted by Crippen LogP contribution is 2.51. The molecule has 0 saturated carbocycles. The zero-order valence-electron chi connectivity index (χ0n) is 19.2. The number of barbiturate groups is 1. The second-order valence-corrected chi connectivity index (χ2v) is 9.86. The topological polar surface area (TPSA) is 143 Å². The number of hydrogen-bond donors (Lipinski definition) is 2. The van der Waals surface area contributed by atoms with Crippen LogP contribution in [0.4, 0.5) is 25.5 Å². The van der Waals surface area contributed by atoms with Gasteiger partial charge in [0.1, 0.15) is 17.8 Å². The molecular weight excluding hydrogens is 501 g/mol. The van der Waals surface area contributed by atoms with E-state index in [1.54, 1.807) is 13.0 Å². The molecule has 4 aliphatic heterocycles. The monoisotopic (exact) mass is 521 g/mol. The lowest BCUT2D eigenvalue weighted by atomic mass is 9.66. The van der Waals surface area contributed by atoms with Gasteiger partial charge in [0.25, 0.3) is 0 Å². The Morgan fingerprint density at radius 3 is 2.58 bits per heavy atom. The number of halogens is 2. The summed E-state index contributed by atoms with van der Waals surface area (Å²) in [6.07, 6.45) is -2.65. The third kappa shape index (κ3) is 2.98. The summed E-state index contributed by atoms with van der Waals surface area (Å²) in [7, 11) is 0. The smallest absolute Gasteiger partial charge is 0.416 e. The van der Waals surface area contributed by atoms with E-state index in [-0.39, 0.29) is 35.5 Å². The number of nitrogens with one attached hydrogen (secondary N) is 2. The minimum absolute atomic E-state index is 0.0664. The number of benzene rings is 1. The van der Waals surface area contributed by atoms with Gasteiger partial charge in [0.2, 0.25) is 11.8 Å². The van der Waals surface area contributed by atoms with Crippen molar-refractivity contribution in [3.05, 3.63) is 16.7 Å². The summed E-state index contributed by atoms with van der Waals surface area (Å²) < 4.78 is 29.6. The molecule has 190 valence electrons. The van der Waals surface area contributed by atoms with Crippen molar-refractivity contribution >= 4 is 58.0 Å². The summed E-state index contributed by atoms with van der Waals surface area (Å²) in [4.78, 5) is 53.9. The summed E-state index contributed by atoms with van der Waals surface area (Å²) in [6, 6.07) is -0.0148. The van der Waals surface area contributed by atoms with Crippen LogP contribution in [0.5, 0.6) is 0 Å². The molecule has 0 radical (unpaired) electrons. The number of cyclic esters (lactones) is 1. The first-order chi connectivity index (χ1) is 17.1. The Labute approximate surface area is 207 Å². The number of aromatic nitrogens is 1.